The molecule has 49 valence electrons. The van der Waals surface area contributed by atoms with Gasteiger partial charge in [0.25, 0.3) is 0 Å². The molecule has 0 aromatic rings. The van der Waals surface area contributed by atoms with Gasteiger partial charge in [-0.1, -0.05) is 0 Å². The smallest absolute Gasteiger partial charge is 0.112 e. The van der Waals surface area contributed by atoms with E-state index in [1.54, 1.807) is 6.92 Å². The molecule has 0 amide bonds. The van der Waals surface area contributed by atoms with Crippen LogP contribution in [0.1, 0.15) is 20.8 Å². The molecule has 0 spiro atoms. The van der Waals surface area contributed by atoms with Crippen LogP contribution in [-0.4, -0.2) is 17.3 Å². The van der Waals surface area contributed by atoms with E-state index in [1.165, 1.54) is 6.61 Å². The van der Waals surface area contributed by atoms with Crippen LogP contribution in [0.3, 0.4) is 0 Å². The summed E-state index contributed by atoms with van der Waals surface area (Å²) < 4.78 is 4.93. The highest BCUT2D eigenvalue weighted by molar-refractivity contribution is 4.58. The van der Waals surface area contributed by atoms with Gasteiger partial charge in [0, 0.05) is 0 Å². The van der Waals surface area contributed by atoms with E-state index in [4.69, 9.17) is 9.84 Å². The van der Waals surface area contributed by atoms with Crippen LogP contribution in [0.4, 0.5) is 0 Å². The average molecular weight is 117 g/mol. The maximum Gasteiger partial charge on any atom is 0.112 e. The SMILES string of the molecule is CC(O)[CH]OC(C)C. The molecular formula is C6H13O2. The maximum absolute atomic E-state index is 8.62. The summed E-state index contributed by atoms with van der Waals surface area (Å²) in [7, 11) is 0. The molecule has 0 aliphatic heterocycles. The zero-order chi connectivity index (χ0) is 6.57. The summed E-state index contributed by atoms with van der Waals surface area (Å²) in [4.78, 5) is 0. The monoisotopic (exact) mass is 117 g/mol. The first-order valence-electron chi connectivity index (χ1n) is 2.79. The zero-order valence-corrected chi connectivity index (χ0v) is 5.59. The predicted molar refractivity (Wildman–Crippen MR) is 32.2 cm³/mol. The van der Waals surface area contributed by atoms with E-state index in [0.29, 0.717) is 0 Å². The molecule has 1 unspecified atom stereocenters. The van der Waals surface area contributed by atoms with Crippen LogP contribution in [0, 0.1) is 6.61 Å². The van der Waals surface area contributed by atoms with Gasteiger partial charge in [0.05, 0.1) is 12.2 Å². The Morgan fingerprint density at radius 1 is 1.38 bits per heavy atom. The second kappa shape index (κ2) is 3.87. The van der Waals surface area contributed by atoms with Gasteiger partial charge in [-0.25, -0.2) is 0 Å². The van der Waals surface area contributed by atoms with E-state index >= 15 is 0 Å². The Labute approximate surface area is 50.5 Å². The topological polar surface area (TPSA) is 29.5 Å². The summed E-state index contributed by atoms with van der Waals surface area (Å²) in [6, 6.07) is 0. The second-order valence-corrected chi connectivity index (χ2v) is 2.06. The lowest BCUT2D eigenvalue weighted by Gasteiger charge is -2.06. The van der Waals surface area contributed by atoms with E-state index in [0.717, 1.165) is 0 Å². The molecular weight excluding hydrogens is 104 g/mol. The van der Waals surface area contributed by atoms with E-state index in [9.17, 15) is 0 Å². The summed E-state index contributed by atoms with van der Waals surface area (Å²) in [5.41, 5.74) is 0. The van der Waals surface area contributed by atoms with E-state index in [2.05, 4.69) is 0 Å². The minimum atomic E-state index is -0.461. The fraction of sp³-hybridized carbons (Fsp3) is 0.833. The Bertz CT molecular complexity index is 42.5. The number of ether oxygens (including phenoxy) is 1. The Hall–Kier alpha value is -0.0800. The van der Waals surface area contributed by atoms with Crippen molar-refractivity contribution in [1.82, 2.24) is 0 Å². The lowest BCUT2D eigenvalue weighted by molar-refractivity contribution is 0.0676. The van der Waals surface area contributed by atoms with Gasteiger partial charge in [-0.15, -0.1) is 0 Å². The standard InChI is InChI=1S/C6H13O2/c1-5(2)8-4-6(3)7/h4-7H,1-3H3. The highest BCUT2D eigenvalue weighted by Crippen LogP contribution is 1.94. The number of rotatable bonds is 3. The molecule has 0 aromatic carbocycles. The van der Waals surface area contributed by atoms with E-state index in [-0.39, 0.29) is 6.10 Å². The van der Waals surface area contributed by atoms with Crippen molar-refractivity contribution in [3.8, 4) is 0 Å². The fourth-order valence-electron chi connectivity index (χ4n) is 0.271. The third-order valence-electron chi connectivity index (χ3n) is 0.548. The zero-order valence-electron chi connectivity index (χ0n) is 5.59. The second-order valence-electron chi connectivity index (χ2n) is 2.06. The first kappa shape index (κ1) is 7.92. The minimum absolute atomic E-state index is 0.171. The van der Waals surface area contributed by atoms with E-state index < -0.39 is 6.10 Å². The number of aliphatic hydroxyl groups is 1. The minimum Gasteiger partial charge on any atom is -0.391 e. The van der Waals surface area contributed by atoms with Crippen molar-refractivity contribution in [3.63, 3.8) is 0 Å². The van der Waals surface area contributed by atoms with Gasteiger partial charge in [-0.05, 0) is 20.8 Å². The third-order valence-corrected chi connectivity index (χ3v) is 0.548. The van der Waals surface area contributed by atoms with Crippen molar-refractivity contribution < 1.29 is 9.84 Å². The average Bonchev–Trinajstić information content (AvgIpc) is 1.61. The summed E-state index contributed by atoms with van der Waals surface area (Å²) in [5, 5.41) is 8.62. The first-order valence-corrected chi connectivity index (χ1v) is 2.79. The summed E-state index contributed by atoms with van der Waals surface area (Å²) in [5.74, 6) is 0. The van der Waals surface area contributed by atoms with Gasteiger partial charge >= 0.3 is 0 Å². The van der Waals surface area contributed by atoms with Gasteiger partial charge < -0.3 is 9.84 Å². The Morgan fingerprint density at radius 2 is 1.88 bits per heavy atom. The van der Waals surface area contributed by atoms with Gasteiger partial charge in [-0.3, -0.25) is 0 Å². The van der Waals surface area contributed by atoms with Crippen molar-refractivity contribution >= 4 is 0 Å². The molecule has 0 heterocycles. The van der Waals surface area contributed by atoms with E-state index in [1.807, 2.05) is 13.8 Å². The Morgan fingerprint density at radius 3 is 2.00 bits per heavy atom. The molecule has 0 aliphatic carbocycles. The quantitative estimate of drug-likeness (QED) is 0.596. The Kier molecular flexibility index (Phi) is 3.83. The molecule has 1 atom stereocenters. The molecule has 8 heavy (non-hydrogen) atoms. The van der Waals surface area contributed by atoms with Crippen molar-refractivity contribution in [1.29, 1.82) is 0 Å². The molecule has 0 aromatic heterocycles. The third kappa shape index (κ3) is 5.92. The molecule has 0 aliphatic rings. The van der Waals surface area contributed by atoms with Crippen LogP contribution in [-0.2, 0) is 4.74 Å². The number of hydrogen-bond donors (Lipinski definition) is 1. The van der Waals surface area contributed by atoms with Crippen LogP contribution in [0.15, 0.2) is 0 Å². The largest absolute Gasteiger partial charge is 0.391 e. The van der Waals surface area contributed by atoms with Crippen LogP contribution >= 0.6 is 0 Å². The molecule has 0 bridgehead atoms. The number of aliphatic hydroxyl groups excluding tert-OH is 1. The Balaban J connectivity index is 2.93. The van der Waals surface area contributed by atoms with Crippen molar-refractivity contribution in [3.05, 3.63) is 6.61 Å². The van der Waals surface area contributed by atoms with Gasteiger partial charge in [0.1, 0.15) is 6.61 Å². The highest BCUT2D eigenvalue weighted by Gasteiger charge is 1.97. The van der Waals surface area contributed by atoms with Gasteiger partial charge in [0.2, 0.25) is 0 Å². The van der Waals surface area contributed by atoms with Gasteiger partial charge in [-0.2, -0.15) is 0 Å². The fourth-order valence-corrected chi connectivity index (χ4v) is 0.271. The van der Waals surface area contributed by atoms with Crippen LogP contribution in [0.25, 0.3) is 0 Å². The highest BCUT2D eigenvalue weighted by atomic mass is 16.5. The number of hydrogen-bond acceptors (Lipinski definition) is 2. The molecule has 0 fully saturated rings. The van der Waals surface area contributed by atoms with Gasteiger partial charge in [0.15, 0.2) is 0 Å². The molecule has 0 saturated heterocycles. The lowest BCUT2D eigenvalue weighted by Crippen LogP contribution is -2.08. The van der Waals surface area contributed by atoms with Crippen molar-refractivity contribution in [2.24, 2.45) is 0 Å². The van der Waals surface area contributed by atoms with Crippen LogP contribution in [0.5, 0.6) is 0 Å². The molecule has 0 saturated carbocycles. The maximum atomic E-state index is 8.62. The van der Waals surface area contributed by atoms with Crippen LogP contribution in [0.2, 0.25) is 0 Å². The van der Waals surface area contributed by atoms with Crippen molar-refractivity contribution in [2.45, 2.75) is 33.0 Å². The normalized spacial score (nSPS) is 14.6. The predicted octanol–water partition coefficient (Wildman–Crippen LogP) is 0.954. The summed E-state index contributed by atoms with van der Waals surface area (Å²) in [6.07, 6.45) is -0.290. The van der Waals surface area contributed by atoms with Crippen molar-refractivity contribution in [2.75, 3.05) is 0 Å². The molecule has 2 heteroatoms. The molecule has 1 N–H and O–H groups in total. The summed E-state index contributed by atoms with van der Waals surface area (Å²) in [6.45, 7) is 6.91. The van der Waals surface area contributed by atoms with Crippen LogP contribution < -0.4 is 0 Å². The molecule has 1 radical (unpaired) electrons. The summed E-state index contributed by atoms with van der Waals surface area (Å²) >= 11 is 0. The first-order chi connectivity index (χ1) is 3.63. The molecule has 0 rings (SSSR count). The lowest BCUT2D eigenvalue weighted by atomic mass is 10.4. The molecule has 2 nitrogen and oxygen atoms in total.